The topological polar surface area (TPSA) is 71.7 Å². The lowest BCUT2D eigenvalue weighted by Crippen LogP contribution is -2.40. The number of hydrogen-bond donors (Lipinski definition) is 2. The molecule has 1 heterocycles. The van der Waals surface area contributed by atoms with E-state index in [1.807, 2.05) is 27.7 Å². The van der Waals surface area contributed by atoms with E-state index in [1.165, 1.54) is 5.56 Å². The molecule has 23 heavy (non-hydrogen) atoms. The first-order valence-corrected chi connectivity index (χ1v) is 7.80. The highest BCUT2D eigenvalue weighted by atomic mass is 127. The second-order valence-corrected chi connectivity index (χ2v) is 6.18. The number of nitrogens with zero attached hydrogens (tertiary/aromatic N) is 2. The Morgan fingerprint density at radius 1 is 1.35 bits per heavy atom. The minimum atomic E-state index is -0.268. The Morgan fingerprint density at radius 3 is 2.48 bits per heavy atom. The number of aromatic nitrogens is 1. The molecule has 0 spiro atoms. The van der Waals surface area contributed by atoms with E-state index in [0.29, 0.717) is 12.5 Å². The van der Waals surface area contributed by atoms with Gasteiger partial charge in [-0.3, -0.25) is 4.99 Å². The average Bonchev–Trinajstić information content (AvgIpc) is 2.81. The Bertz CT molecular complexity index is 481. The van der Waals surface area contributed by atoms with Gasteiger partial charge in [-0.15, -0.1) is 24.0 Å². The van der Waals surface area contributed by atoms with Crippen LogP contribution in [0.1, 0.15) is 50.6 Å². The molecule has 6 nitrogen and oxygen atoms in total. The monoisotopic (exact) mass is 438 g/mol. The molecule has 0 saturated heterocycles. The summed E-state index contributed by atoms with van der Waals surface area (Å²) in [5.74, 6) is 1.98. The van der Waals surface area contributed by atoms with E-state index in [9.17, 15) is 0 Å². The van der Waals surface area contributed by atoms with Crippen molar-refractivity contribution in [1.82, 2.24) is 15.8 Å². The highest BCUT2D eigenvalue weighted by Gasteiger charge is 2.18. The highest BCUT2D eigenvalue weighted by Crippen LogP contribution is 2.22. The molecule has 0 saturated carbocycles. The van der Waals surface area contributed by atoms with Crippen LogP contribution in [-0.2, 0) is 4.74 Å². The molecule has 0 bridgehead atoms. The molecule has 1 rings (SSSR count). The van der Waals surface area contributed by atoms with E-state index in [2.05, 4.69) is 34.6 Å². The molecule has 0 fully saturated rings. The van der Waals surface area contributed by atoms with Crippen molar-refractivity contribution >= 4 is 29.9 Å². The predicted octanol–water partition coefficient (Wildman–Crippen LogP) is 2.99. The fourth-order valence-corrected chi connectivity index (χ4v) is 2.22. The van der Waals surface area contributed by atoms with Gasteiger partial charge in [-0.1, -0.05) is 12.1 Å². The maximum absolute atomic E-state index is 5.40. The Hall–Kier alpha value is -0.830. The van der Waals surface area contributed by atoms with Crippen molar-refractivity contribution in [2.75, 3.05) is 26.7 Å². The van der Waals surface area contributed by atoms with Crippen LogP contribution in [0.5, 0.6) is 0 Å². The van der Waals surface area contributed by atoms with Crippen LogP contribution in [0.25, 0.3) is 0 Å². The summed E-state index contributed by atoms with van der Waals surface area (Å²) in [5.41, 5.74) is 1.85. The minimum absolute atomic E-state index is 0. The van der Waals surface area contributed by atoms with Gasteiger partial charge in [0, 0.05) is 31.7 Å². The Morgan fingerprint density at radius 2 is 2.00 bits per heavy atom. The van der Waals surface area contributed by atoms with Crippen molar-refractivity contribution < 1.29 is 9.26 Å². The van der Waals surface area contributed by atoms with Crippen LogP contribution in [0.3, 0.4) is 0 Å². The van der Waals surface area contributed by atoms with Crippen LogP contribution >= 0.6 is 24.0 Å². The van der Waals surface area contributed by atoms with Crippen molar-refractivity contribution in [3.63, 3.8) is 0 Å². The summed E-state index contributed by atoms with van der Waals surface area (Å²) < 4.78 is 10.6. The lowest BCUT2D eigenvalue weighted by atomic mass is 10.00. The maximum Gasteiger partial charge on any atom is 0.191 e. The van der Waals surface area contributed by atoms with Crippen molar-refractivity contribution in [1.29, 1.82) is 0 Å². The molecule has 0 aliphatic heterocycles. The molecule has 1 atom stereocenters. The number of nitrogens with one attached hydrogen (secondary N) is 2. The van der Waals surface area contributed by atoms with E-state index in [1.54, 1.807) is 7.11 Å². The Labute approximate surface area is 156 Å². The molecule has 0 aliphatic rings. The van der Waals surface area contributed by atoms with E-state index >= 15 is 0 Å². The number of ether oxygens (including phenoxy) is 1. The predicted molar refractivity (Wildman–Crippen MR) is 105 cm³/mol. The van der Waals surface area contributed by atoms with E-state index in [0.717, 1.165) is 30.5 Å². The summed E-state index contributed by atoms with van der Waals surface area (Å²) in [6.07, 6.45) is 0. The molecule has 0 radical (unpaired) electrons. The quantitative estimate of drug-likeness (QED) is 0.389. The molecule has 1 aromatic rings. The zero-order valence-corrected chi connectivity index (χ0v) is 17.6. The fraction of sp³-hybridized carbons (Fsp3) is 0.750. The van der Waals surface area contributed by atoms with Gasteiger partial charge in [0.05, 0.1) is 17.8 Å². The normalized spacial score (nSPS) is 13.4. The zero-order valence-electron chi connectivity index (χ0n) is 15.3. The summed E-state index contributed by atoms with van der Waals surface area (Å²) in [7, 11) is 1.70. The van der Waals surface area contributed by atoms with Gasteiger partial charge in [0.15, 0.2) is 5.96 Å². The number of hydrogen-bond acceptors (Lipinski definition) is 4. The van der Waals surface area contributed by atoms with Crippen LogP contribution in [-0.4, -0.2) is 43.5 Å². The first-order valence-electron chi connectivity index (χ1n) is 7.80. The number of methoxy groups -OCH3 is 1. The molecular weight excluding hydrogens is 407 g/mol. The van der Waals surface area contributed by atoms with E-state index in [-0.39, 0.29) is 29.6 Å². The third kappa shape index (κ3) is 7.07. The summed E-state index contributed by atoms with van der Waals surface area (Å²) >= 11 is 0. The lowest BCUT2D eigenvalue weighted by molar-refractivity contribution is 0.0310. The van der Waals surface area contributed by atoms with Crippen molar-refractivity contribution in [2.24, 2.45) is 4.99 Å². The average molecular weight is 438 g/mol. The standard InChI is InChI=1S/C16H30N4O2.HI/c1-8-17-15(19-10-16(5,6)21-7)18-9-11(2)14-12(3)20-22-13(14)4;/h11H,8-10H2,1-7H3,(H2,17,18,19);1H. The van der Waals surface area contributed by atoms with Crippen LogP contribution in [0.15, 0.2) is 9.52 Å². The number of halogens is 1. The third-order valence-corrected chi connectivity index (χ3v) is 3.67. The summed E-state index contributed by atoms with van der Waals surface area (Å²) in [6.45, 7) is 14.4. The maximum atomic E-state index is 5.40. The zero-order chi connectivity index (χ0) is 16.8. The summed E-state index contributed by atoms with van der Waals surface area (Å²) in [6, 6.07) is 0. The van der Waals surface area contributed by atoms with Gasteiger partial charge in [0.2, 0.25) is 0 Å². The molecule has 0 aliphatic carbocycles. The molecular formula is C16H31IN4O2. The van der Waals surface area contributed by atoms with Crippen molar-refractivity contribution in [3.05, 3.63) is 17.0 Å². The SMILES string of the molecule is CCNC(=NCC(C)(C)OC)NCC(C)c1c(C)noc1C.I. The number of rotatable bonds is 7. The molecule has 0 amide bonds. The molecule has 2 N–H and O–H groups in total. The lowest BCUT2D eigenvalue weighted by Gasteiger charge is -2.22. The smallest absolute Gasteiger partial charge is 0.191 e. The molecule has 1 aromatic heterocycles. The molecule has 1 unspecified atom stereocenters. The molecule has 7 heteroatoms. The highest BCUT2D eigenvalue weighted by molar-refractivity contribution is 14.0. The Balaban J connectivity index is 0.00000484. The molecule has 134 valence electrons. The van der Waals surface area contributed by atoms with Crippen LogP contribution < -0.4 is 10.6 Å². The first-order chi connectivity index (χ1) is 10.3. The van der Waals surface area contributed by atoms with E-state index in [4.69, 9.17) is 9.26 Å². The van der Waals surface area contributed by atoms with Gasteiger partial charge in [-0.05, 0) is 34.6 Å². The second-order valence-electron chi connectivity index (χ2n) is 6.18. The van der Waals surface area contributed by atoms with E-state index < -0.39 is 0 Å². The second kappa shape index (κ2) is 10.1. The summed E-state index contributed by atoms with van der Waals surface area (Å²) in [4.78, 5) is 4.58. The first kappa shape index (κ1) is 22.2. The van der Waals surface area contributed by atoms with Crippen LogP contribution in [0.2, 0.25) is 0 Å². The van der Waals surface area contributed by atoms with Crippen molar-refractivity contribution in [3.8, 4) is 0 Å². The third-order valence-electron chi connectivity index (χ3n) is 3.67. The van der Waals surface area contributed by atoms with Gasteiger partial charge in [-0.2, -0.15) is 0 Å². The van der Waals surface area contributed by atoms with Gasteiger partial charge in [0.1, 0.15) is 5.76 Å². The van der Waals surface area contributed by atoms with Gasteiger partial charge in [-0.25, -0.2) is 0 Å². The summed E-state index contributed by atoms with van der Waals surface area (Å²) in [5, 5.41) is 10.6. The largest absolute Gasteiger partial charge is 0.377 e. The van der Waals surface area contributed by atoms with Crippen LogP contribution in [0, 0.1) is 13.8 Å². The van der Waals surface area contributed by atoms with Gasteiger partial charge >= 0.3 is 0 Å². The van der Waals surface area contributed by atoms with Crippen LogP contribution in [0.4, 0.5) is 0 Å². The van der Waals surface area contributed by atoms with Gasteiger partial charge in [0.25, 0.3) is 0 Å². The Kier molecular flexibility index (Phi) is 9.76. The van der Waals surface area contributed by atoms with Gasteiger partial charge < -0.3 is 19.9 Å². The van der Waals surface area contributed by atoms with Crippen molar-refractivity contribution in [2.45, 2.75) is 53.1 Å². The minimum Gasteiger partial charge on any atom is -0.377 e. The number of guanidine groups is 1. The number of aryl methyl sites for hydroxylation is 2. The molecule has 0 aromatic carbocycles. The number of aliphatic imine (C=N–C) groups is 1. The fourth-order valence-electron chi connectivity index (χ4n) is 2.22.